The Bertz CT molecular complexity index is 1180. The molecule has 0 aliphatic heterocycles. The molecule has 2 aromatic heterocycles. The third-order valence-corrected chi connectivity index (χ3v) is 6.41. The zero-order chi connectivity index (χ0) is 21.8. The number of aromatic nitrogens is 1. The highest BCUT2D eigenvalue weighted by Gasteiger charge is 2.21. The van der Waals surface area contributed by atoms with E-state index < -0.39 is 0 Å². The molecule has 4 rings (SSSR count). The number of thiazole rings is 1. The van der Waals surface area contributed by atoms with Gasteiger partial charge in [-0.05, 0) is 48.2 Å². The predicted octanol–water partition coefficient (Wildman–Crippen LogP) is 6.10. The molecule has 2 heterocycles. The Kier molecular flexibility index (Phi) is 6.20. The number of hydrogen-bond acceptors (Lipinski definition) is 6. The monoisotopic (exact) mass is 449 g/mol. The van der Waals surface area contributed by atoms with Gasteiger partial charge in [-0.3, -0.25) is 9.59 Å². The van der Waals surface area contributed by atoms with Gasteiger partial charge in [-0.15, -0.1) is 11.3 Å². The summed E-state index contributed by atoms with van der Waals surface area (Å²) in [5.74, 6) is 0.368. The Morgan fingerprint density at radius 1 is 1.00 bits per heavy atom. The van der Waals surface area contributed by atoms with Crippen LogP contribution in [0.25, 0.3) is 22.0 Å². The quantitative estimate of drug-likeness (QED) is 0.373. The van der Waals surface area contributed by atoms with Crippen LogP contribution in [-0.4, -0.2) is 35.1 Å². The largest absolute Gasteiger partial charge is 0.462 e. The summed E-state index contributed by atoms with van der Waals surface area (Å²) in [5.41, 5.74) is 2.10. The van der Waals surface area contributed by atoms with E-state index in [1.807, 2.05) is 36.4 Å². The minimum absolute atomic E-state index is 0.0561. The van der Waals surface area contributed by atoms with Crippen molar-refractivity contribution >= 4 is 39.9 Å². The van der Waals surface area contributed by atoms with Crippen molar-refractivity contribution in [2.24, 2.45) is 0 Å². The lowest BCUT2D eigenvalue weighted by Crippen LogP contribution is -2.16. The third-order valence-electron chi connectivity index (χ3n) is 4.30. The minimum atomic E-state index is -0.251. The smallest absolute Gasteiger partial charge is 0.285 e. The van der Waals surface area contributed by atoms with Gasteiger partial charge < -0.3 is 14.6 Å². The molecule has 0 spiro atoms. The van der Waals surface area contributed by atoms with Crippen LogP contribution >= 0.6 is 23.1 Å². The molecule has 156 valence electrons. The molecular formula is C23H19N3O3S2. The number of carbonyl (C=O) groups is 2. The summed E-state index contributed by atoms with van der Waals surface area (Å²) in [6, 6.07) is 20.4. The fraction of sp³-hybridized carbons (Fsp3) is 0.0870. The first kappa shape index (κ1) is 20.9. The fourth-order valence-electron chi connectivity index (χ4n) is 2.76. The van der Waals surface area contributed by atoms with Gasteiger partial charge in [-0.1, -0.05) is 30.3 Å². The average molecular weight is 450 g/mol. The highest BCUT2D eigenvalue weighted by atomic mass is 32.2. The van der Waals surface area contributed by atoms with E-state index in [-0.39, 0.29) is 11.1 Å². The van der Waals surface area contributed by atoms with E-state index in [9.17, 15) is 9.59 Å². The van der Waals surface area contributed by atoms with Gasteiger partial charge in [0.2, 0.25) is 0 Å². The summed E-state index contributed by atoms with van der Waals surface area (Å²) in [5, 5.41) is 3.51. The summed E-state index contributed by atoms with van der Waals surface area (Å²) in [6.45, 7) is 0. The van der Waals surface area contributed by atoms with Crippen molar-refractivity contribution in [3.8, 4) is 22.0 Å². The van der Waals surface area contributed by atoms with E-state index in [0.29, 0.717) is 27.0 Å². The molecule has 6 nitrogen and oxygen atoms in total. The van der Waals surface area contributed by atoms with Crippen LogP contribution in [0.4, 0.5) is 10.5 Å². The van der Waals surface area contributed by atoms with Crippen molar-refractivity contribution in [1.29, 1.82) is 0 Å². The van der Waals surface area contributed by atoms with Crippen LogP contribution < -0.4 is 5.32 Å². The number of thioether (sulfide) groups is 1. The average Bonchev–Trinajstić information content (AvgIpc) is 3.46. The Morgan fingerprint density at radius 3 is 2.39 bits per heavy atom. The van der Waals surface area contributed by atoms with Crippen molar-refractivity contribution in [2.75, 3.05) is 19.4 Å². The van der Waals surface area contributed by atoms with E-state index in [0.717, 1.165) is 22.2 Å². The molecule has 0 bridgehead atoms. The number of anilines is 1. The number of hydrogen-bond donors (Lipinski definition) is 1. The Balaban J connectivity index is 1.59. The maximum absolute atomic E-state index is 13.1. The van der Waals surface area contributed by atoms with Crippen LogP contribution in [0.1, 0.15) is 9.67 Å². The summed E-state index contributed by atoms with van der Waals surface area (Å²) < 4.78 is 5.47. The second kappa shape index (κ2) is 9.20. The summed E-state index contributed by atoms with van der Waals surface area (Å²) >= 11 is 2.42. The van der Waals surface area contributed by atoms with E-state index in [1.54, 1.807) is 50.7 Å². The molecule has 0 unspecified atom stereocenters. The summed E-state index contributed by atoms with van der Waals surface area (Å²) in [6.07, 6.45) is 1.58. The Morgan fingerprint density at radius 2 is 1.74 bits per heavy atom. The molecule has 0 aliphatic carbocycles. The molecular weight excluding hydrogens is 430 g/mol. The van der Waals surface area contributed by atoms with Gasteiger partial charge in [0.05, 0.1) is 12.0 Å². The first-order chi connectivity index (χ1) is 15.0. The molecule has 8 heteroatoms. The number of benzene rings is 2. The van der Waals surface area contributed by atoms with Gasteiger partial charge in [0.15, 0.2) is 10.8 Å². The summed E-state index contributed by atoms with van der Waals surface area (Å²) in [4.78, 5) is 32.4. The lowest BCUT2D eigenvalue weighted by molar-refractivity contribution is 0.103. The van der Waals surface area contributed by atoms with Crippen LogP contribution in [-0.2, 0) is 0 Å². The number of amides is 2. The highest BCUT2D eigenvalue weighted by Crippen LogP contribution is 2.34. The molecule has 0 fully saturated rings. The zero-order valence-corrected chi connectivity index (χ0v) is 18.5. The van der Waals surface area contributed by atoms with Crippen molar-refractivity contribution in [2.45, 2.75) is 4.90 Å². The van der Waals surface area contributed by atoms with Gasteiger partial charge in [0, 0.05) is 30.2 Å². The van der Waals surface area contributed by atoms with Crippen LogP contribution in [0.15, 0.2) is 82.3 Å². The van der Waals surface area contributed by atoms with Gasteiger partial charge in [-0.2, -0.15) is 0 Å². The van der Waals surface area contributed by atoms with Gasteiger partial charge in [0.1, 0.15) is 4.88 Å². The molecule has 0 saturated heterocycles. The molecule has 0 atom stereocenters. The lowest BCUT2D eigenvalue weighted by Gasteiger charge is -2.10. The van der Waals surface area contributed by atoms with Crippen molar-refractivity contribution < 1.29 is 14.0 Å². The maximum Gasteiger partial charge on any atom is 0.285 e. The van der Waals surface area contributed by atoms with E-state index in [2.05, 4.69) is 10.3 Å². The Hall–Kier alpha value is -3.36. The van der Waals surface area contributed by atoms with Crippen LogP contribution in [0.5, 0.6) is 0 Å². The number of furan rings is 1. The molecule has 0 aliphatic rings. The molecule has 2 aromatic carbocycles. The molecule has 2 amide bonds. The first-order valence-electron chi connectivity index (χ1n) is 9.42. The molecule has 1 N–H and O–H groups in total. The number of nitrogens with one attached hydrogen (secondary N) is 1. The third kappa shape index (κ3) is 4.87. The number of rotatable bonds is 5. The maximum atomic E-state index is 13.1. The van der Waals surface area contributed by atoms with Gasteiger partial charge >= 0.3 is 0 Å². The standard InChI is InChI=1S/C23H19N3O3S2/c1-26(2)23(28)30-17-12-10-16(11-13-17)24-21(27)20-19(15-7-4-3-5-8-15)25-22(31-20)18-9-6-14-29-18/h3-14H,1-2H3,(H,24,27). The van der Waals surface area contributed by atoms with Crippen LogP contribution in [0.2, 0.25) is 0 Å². The van der Waals surface area contributed by atoms with Crippen LogP contribution in [0.3, 0.4) is 0 Å². The van der Waals surface area contributed by atoms with E-state index in [1.165, 1.54) is 16.2 Å². The highest BCUT2D eigenvalue weighted by molar-refractivity contribution is 8.13. The second-order valence-electron chi connectivity index (χ2n) is 6.78. The first-order valence-corrected chi connectivity index (χ1v) is 11.1. The number of carbonyl (C=O) groups excluding carboxylic acids is 2. The van der Waals surface area contributed by atoms with Crippen molar-refractivity contribution in [1.82, 2.24) is 9.88 Å². The van der Waals surface area contributed by atoms with Crippen molar-refractivity contribution in [3.63, 3.8) is 0 Å². The molecule has 4 aromatic rings. The molecule has 0 saturated carbocycles. The van der Waals surface area contributed by atoms with Crippen LogP contribution in [0, 0.1) is 0 Å². The predicted molar refractivity (Wildman–Crippen MR) is 125 cm³/mol. The van der Waals surface area contributed by atoms with Gasteiger partial charge in [0.25, 0.3) is 11.1 Å². The SMILES string of the molecule is CN(C)C(=O)Sc1ccc(NC(=O)c2sc(-c3ccco3)nc2-c2ccccc2)cc1. The minimum Gasteiger partial charge on any atom is -0.462 e. The van der Waals surface area contributed by atoms with E-state index in [4.69, 9.17) is 4.42 Å². The fourth-order valence-corrected chi connectivity index (χ4v) is 4.36. The number of nitrogens with zero attached hydrogens (tertiary/aromatic N) is 2. The Labute approximate surface area is 187 Å². The van der Waals surface area contributed by atoms with E-state index >= 15 is 0 Å². The lowest BCUT2D eigenvalue weighted by atomic mass is 10.1. The topological polar surface area (TPSA) is 75.4 Å². The van der Waals surface area contributed by atoms with Crippen molar-refractivity contribution in [3.05, 3.63) is 77.9 Å². The zero-order valence-electron chi connectivity index (χ0n) is 16.9. The molecule has 31 heavy (non-hydrogen) atoms. The normalized spacial score (nSPS) is 10.6. The van der Waals surface area contributed by atoms with Gasteiger partial charge in [-0.25, -0.2) is 4.98 Å². The molecule has 0 radical (unpaired) electrons. The second-order valence-corrected chi connectivity index (χ2v) is 8.80. The summed E-state index contributed by atoms with van der Waals surface area (Å²) in [7, 11) is 3.42.